The zero-order valence-electron chi connectivity index (χ0n) is 54.2. The van der Waals surface area contributed by atoms with Crippen LogP contribution in [-0.4, -0.2) is 165 Å². The molecule has 0 saturated carbocycles. The Morgan fingerprint density at radius 1 is 0.750 bits per heavy atom. The van der Waals surface area contributed by atoms with Crippen molar-refractivity contribution in [3.05, 3.63) is 89.5 Å². The van der Waals surface area contributed by atoms with Crippen LogP contribution >= 0.6 is 7.26 Å². The molecule has 3 aliphatic heterocycles. The summed E-state index contributed by atoms with van der Waals surface area (Å²) in [6, 6.07) is 26.4. The number of cyclic esters (lactones) is 1. The van der Waals surface area contributed by atoms with Crippen molar-refractivity contribution in [2.24, 2.45) is 23.7 Å². The van der Waals surface area contributed by atoms with Gasteiger partial charge in [-0.3, -0.25) is 4.79 Å². The van der Waals surface area contributed by atoms with Gasteiger partial charge in [0.15, 0.2) is 6.29 Å². The van der Waals surface area contributed by atoms with Crippen molar-refractivity contribution < 1.29 is 58.8 Å². The van der Waals surface area contributed by atoms with E-state index in [4.69, 9.17) is 23.7 Å². The van der Waals surface area contributed by atoms with E-state index in [0.717, 1.165) is 51.1 Å². The average molecular weight is 1190 g/mol. The first-order valence-corrected chi connectivity index (χ1v) is 34.1. The van der Waals surface area contributed by atoms with Gasteiger partial charge in [-0.2, -0.15) is 0 Å². The van der Waals surface area contributed by atoms with Gasteiger partial charge < -0.3 is 54.1 Å². The third-order valence-electron chi connectivity index (χ3n) is 19.8. The molecule has 0 aliphatic carbocycles. The number of aliphatic hydroxyl groups excluding tert-OH is 3. The van der Waals surface area contributed by atoms with Gasteiger partial charge in [-0.05, 0) is 86.7 Å². The Balaban J connectivity index is 1.19. The first kappa shape index (κ1) is 69.7. The number of rotatable bonds is 20. The monoisotopic (exact) mass is 1190 g/mol. The van der Waals surface area contributed by atoms with Gasteiger partial charge in [-0.25, -0.2) is 0 Å². The second-order valence-corrected chi connectivity index (χ2v) is 31.2. The molecule has 0 radical (unpaired) electrons. The standard InChI is InChI=1S/C69H111N2O12P/c1-17-58-69(13,78)62(74)51(9)71(59(72)35-24-22-20-18-19-21-23-25-36-84(53-32-26-29-44(2)37-53,54-33-27-30-45(3)38-54)55-34-28-31-46(4)39-55)43-47(5)41-67(11,77)64(83-66-61(73)56(70(14)15)40-48(6)80-66)49(7)60(50(8)65(76)82-58)57-42-68(12,79-16)63(75)52(10)81-57/h26-34,37-39,47-52,56-58,60-64,66,73-75,77-78,84H,17-25,35-36,40-43H2,1-16H3/t47-,48-,49+,50-,51-,52+,56+,57-,58-,60?,61-,62-,63+,64-,66+,67-,68-,69-/m1/s1. The predicted molar refractivity (Wildman–Crippen MR) is 339 cm³/mol. The number of nitrogens with zero attached hydrogens (tertiary/aromatic N) is 2. The number of hydrogen-bond acceptors (Lipinski definition) is 13. The smallest absolute Gasteiger partial charge is 0.126 e. The van der Waals surface area contributed by atoms with Gasteiger partial charge in [-0.15, -0.1) is 0 Å². The van der Waals surface area contributed by atoms with E-state index in [1.807, 2.05) is 46.7 Å². The fraction of sp³-hybridized carbons (Fsp3) is 0.710. The van der Waals surface area contributed by atoms with Gasteiger partial charge in [-0.1, -0.05) is 27.7 Å². The quantitative estimate of drug-likeness (QED) is 0.0410. The summed E-state index contributed by atoms with van der Waals surface area (Å²) in [4.78, 5) is 33.1. The van der Waals surface area contributed by atoms with Crippen molar-refractivity contribution in [3.8, 4) is 0 Å². The molecule has 3 aliphatic rings. The number of amides is 1. The Morgan fingerprint density at radius 2 is 1.27 bits per heavy atom. The van der Waals surface area contributed by atoms with E-state index in [1.165, 1.54) is 46.6 Å². The Labute approximate surface area is 506 Å². The summed E-state index contributed by atoms with van der Waals surface area (Å²) in [5, 5.41) is 65.4. The molecule has 1 amide bonds. The predicted octanol–water partition coefficient (Wildman–Crippen LogP) is 9.23. The Morgan fingerprint density at radius 3 is 1.77 bits per heavy atom. The molecule has 5 N–H and O–H groups in total. The van der Waals surface area contributed by atoms with Crippen LogP contribution in [0.3, 0.4) is 0 Å². The third-order valence-corrected chi connectivity index (χ3v) is 24.8. The van der Waals surface area contributed by atoms with Crippen LogP contribution in [-0.2, 0) is 33.3 Å². The largest absolute Gasteiger partial charge is 0.388 e. The van der Waals surface area contributed by atoms with Crippen molar-refractivity contribution >= 4 is 35.1 Å². The van der Waals surface area contributed by atoms with E-state index in [-0.39, 0.29) is 56.2 Å². The maximum Gasteiger partial charge on any atom is 0.126 e. The number of aliphatic hydroxyl groups is 5. The zero-order valence-corrected chi connectivity index (χ0v) is 55.2. The molecule has 84 heavy (non-hydrogen) atoms. The van der Waals surface area contributed by atoms with E-state index in [9.17, 15) is 35.1 Å². The molecule has 0 bridgehead atoms. The molecule has 3 heterocycles. The first-order chi connectivity index (χ1) is 39.5. The Kier molecular flexibility index (Phi) is 25.1. The fourth-order valence-electron chi connectivity index (χ4n) is 14.9. The molecular formula is C69H111N2O12P. The van der Waals surface area contributed by atoms with Gasteiger partial charge in [0.05, 0.1) is 47.6 Å². The minimum absolute atomic E-state index is 0.104. The normalized spacial score (nSPS) is 35.3. The number of esters is 1. The summed E-state index contributed by atoms with van der Waals surface area (Å²) in [5.74, 6) is -3.64. The maximum atomic E-state index is 14.9. The molecule has 14 nitrogen and oxygen atoms in total. The number of aryl methyl sites for hydroxylation is 3. The summed E-state index contributed by atoms with van der Waals surface area (Å²) >= 11 is 0. The number of carbonyl (C=O) groups excluding carboxylic acids is 2. The molecule has 18 atom stereocenters. The number of benzene rings is 3. The SMILES string of the molecule is CC[C@H]1OC(=O)[C@H](C)C([C@H]2C[C@@](C)(OC)[C@@H](O)[C@H](C)O2)[C@H](C)[C@@H](O[C@@H]2O[C@H](C)C[C@H](N(C)C)[C@H]2O)[C@](C)(O)C[C@@H](C)CN(C(=O)CCCCCCCCCC[PH](c2cccc(C)c2)(c2cccc(C)c2)c2cccc(C)c2)[C@H](C)[C@@H](O)[C@]1(C)O. The van der Waals surface area contributed by atoms with Gasteiger partial charge in [0.2, 0.25) is 0 Å². The molecule has 3 fully saturated rings. The first-order valence-electron chi connectivity index (χ1n) is 31.9. The summed E-state index contributed by atoms with van der Waals surface area (Å²) in [6.07, 6.45) is 1.67. The molecular weight excluding hydrogens is 1080 g/mol. The third kappa shape index (κ3) is 16.5. The van der Waals surface area contributed by atoms with E-state index < -0.39 is 103 Å². The van der Waals surface area contributed by atoms with Crippen LogP contribution in [0.15, 0.2) is 72.8 Å². The van der Waals surface area contributed by atoms with Gasteiger partial charge in [0.1, 0.15) is 30.0 Å². The number of unbranched alkanes of at least 4 members (excludes halogenated alkanes) is 7. The maximum absolute atomic E-state index is 14.9. The van der Waals surface area contributed by atoms with Crippen molar-refractivity contribution in [2.45, 2.75) is 257 Å². The number of carbonyl (C=O) groups is 2. The topological polar surface area (TPSA) is 188 Å². The summed E-state index contributed by atoms with van der Waals surface area (Å²) in [5.41, 5.74) is -0.872. The number of likely N-dealkylation sites (N-methyl/N-ethyl adjacent to an activating group) is 1. The van der Waals surface area contributed by atoms with Crippen LogP contribution in [0.25, 0.3) is 0 Å². The van der Waals surface area contributed by atoms with Crippen LogP contribution < -0.4 is 15.9 Å². The average Bonchev–Trinajstić information content (AvgIpc) is 3.06. The van der Waals surface area contributed by atoms with Crippen molar-refractivity contribution in [3.63, 3.8) is 0 Å². The molecule has 1 unspecified atom stereocenters. The van der Waals surface area contributed by atoms with Crippen LogP contribution in [0.5, 0.6) is 0 Å². The molecule has 3 aromatic rings. The van der Waals surface area contributed by atoms with Crippen LogP contribution in [0.1, 0.15) is 169 Å². The number of hydrogen-bond donors (Lipinski definition) is 5. The summed E-state index contributed by atoms with van der Waals surface area (Å²) < 4.78 is 32.2. The van der Waals surface area contributed by atoms with E-state index in [1.54, 1.807) is 39.5 Å². The van der Waals surface area contributed by atoms with Crippen molar-refractivity contribution in [2.75, 3.05) is 33.9 Å². The minimum Gasteiger partial charge on any atom is -0.388 e. The Hall–Kier alpha value is -3.37. The Bertz CT molecular complexity index is 2450. The van der Waals surface area contributed by atoms with E-state index in [2.05, 4.69) is 93.6 Å². The fourth-order valence-corrected chi connectivity index (χ4v) is 20.1. The van der Waals surface area contributed by atoms with Gasteiger partial charge >= 0.3 is 219 Å². The molecule has 3 aromatic carbocycles. The van der Waals surface area contributed by atoms with Crippen LogP contribution in [0, 0.1) is 44.4 Å². The second kappa shape index (κ2) is 30.2. The van der Waals surface area contributed by atoms with Gasteiger partial charge in [0.25, 0.3) is 0 Å². The molecule has 6 rings (SSSR count). The summed E-state index contributed by atoms with van der Waals surface area (Å²) in [7, 11) is 2.96. The van der Waals surface area contributed by atoms with Gasteiger partial charge in [0, 0.05) is 32.0 Å². The van der Waals surface area contributed by atoms with Crippen LogP contribution in [0.4, 0.5) is 0 Å². The molecule has 3 saturated heterocycles. The van der Waals surface area contributed by atoms with E-state index >= 15 is 0 Å². The summed E-state index contributed by atoms with van der Waals surface area (Å²) in [6.45, 7) is 24.5. The molecule has 0 spiro atoms. The second-order valence-electron chi connectivity index (χ2n) is 27.2. The number of ether oxygens (including phenoxy) is 5. The van der Waals surface area contributed by atoms with Crippen LogP contribution in [0.2, 0.25) is 0 Å². The molecule has 0 aromatic heterocycles. The zero-order chi connectivity index (χ0) is 62.1. The minimum atomic E-state index is -2.36. The number of methoxy groups -OCH3 is 1. The van der Waals surface area contributed by atoms with E-state index in [0.29, 0.717) is 12.8 Å². The molecule has 15 heteroatoms. The van der Waals surface area contributed by atoms with Crippen molar-refractivity contribution in [1.29, 1.82) is 0 Å². The van der Waals surface area contributed by atoms with Crippen molar-refractivity contribution in [1.82, 2.24) is 9.80 Å². The molecule has 474 valence electrons.